The molecule has 4 aromatic heterocycles. The number of aromatic nitrogens is 5. The summed E-state index contributed by atoms with van der Waals surface area (Å²) in [5, 5.41) is 7.65. The highest BCUT2D eigenvalue weighted by Gasteiger charge is 2.22. The molecule has 0 saturated heterocycles. The predicted octanol–water partition coefficient (Wildman–Crippen LogP) is 11.4. The van der Waals surface area contributed by atoms with E-state index < -0.39 is 0 Å². The van der Waals surface area contributed by atoms with Gasteiger partial charge in [-0.15, -0.1) is 11.3 Å². The summed E-state index contributed by atoms with van der Waals surface area (Å²) in [5.41, 5.74) is 8.91. The van der Waals surface area contributed by atoms with E-state index in [9.17, 15) is 0 Å². The molecule has 6 heteroatoms. The third-order valence-corrected chi connectivity index (χ3v) is 12.6. The second kappa shape index (κ2) is 12.7. The molecule has 0 spiro atoms. The Kier molecular flexibility index (Phi) is 7.16. The lowest BCUT2D eigenvalue weighted by atomic mass is 9.98. The molecule has 11 aromatic rings. The van der Waals surface area contributed by atoms with Crippen molar-refractivity contribution >= 4 is 77.2 Å². The van der Waals surface area contributed by atoms with Crippen LogP contribution in [0.25, 0.3) is 100 Å². The van der Waals surface area contributed by atoms with Crippen LogP contribution in [0.2, 0.25) is 0 Å². The maximum Gasteiger partial charge on any atom is 0.163 e. The van der Waals surface area contributed by atoms with Gasteiger partial charge in [-0.3, -0.25) is 0 Å². The van der Waals surface area contributed by atoms with E-state index in [1.807, 2.05) is 29.5 Å². The third-order valence-electron chi connectivity index (χ3n) is 11.5. The lowest BCUT2D eigenvalue weighted by Gasteiger charge is -2.15. The van der Waals surface area contributed by atoms with Crippen LogP contribution >= 0.6 is 11.3 Å². The van der Waals surface area contributed by atoms with Gasteiger partial charge in [-0.1, -0.05) is 115 Å². The molecule has 0 bridgehead atoms. The molecule has 268 valence electrons. The highest BCUT2D eigenvalue weighted by molar-refractivity contribution is 7.17. The van der Waals surface area contributed by atoms with E-state index >= 15 is 0 Å². The van der Waals surface area contributed by atoms with E-state index in [1.54, 1.807) is 0 Å². The summed E-state index contributed by atoms with van der Waals surface area (Å²) >= 11 is 1.84. The fourth-order valence-electron chi connectivity index (χ4n) is 8.91. The van der Waals surface area contributed by atoms with Crippen molar-refractivity contribution in [1.82, 2.24) is 24.1 Å². The second-order valence-electron chi connectivity index (χ2n) is 14.7. The molecule has 0 aliphatic heterocycles. The van der Waals surface area contributed by atoms with Crippen LogP contribution in [-0.2, 0) is 0 Å². The Labute approximate surface area is 331 Å². The third kappa shape index (κ3) is 5.04. The molecule has 1 aliphatic carbocycles. The van der Waals surface area contributed by atoms with E-state index in [-0.39, 0.29) is 5.92 Å². The van der Waals surface area contributed by atoms with Gasteiger partial charge in [-0.25, -0.2) is 15.0 Å². The Morgan fingerprint density at radius 2 is 0.982 bits per heavy atom. The van der Waals surface area contributed by atoms with Crippen LogP contribution in [0.4, 0.5) is 0 Å². The van der Waals surface area contributed by atoms with Crippen LogP contribution in [0.3, 0.4) is 0 Å². The number of benzene rings is 7. The Bertz CT molecular complexity index is 3490. The zero-order valence-corrected chi connectivity index (χ0v) is 31.6. The van der Waals surface area contributed by atoms with Crippen molar-refractivity contribution in [3.63, 3.8) is 0 Å². The van der Waals surface area contributed by atoms with Crippen molar-refractivity contribution in [3.05, 3.63) is 185 Å². The second-order valence-corrected chi connectivity index (χ2v) is 15.8. The quantitative estimate of drug-likeness (QED) is 0.176. The Morgan fingerprint density at radius 1 is 0.456 bits per heavy atom. The number of hydrogen-bond donors (Lipinski definition) is 0. The van der Waals surface area contributed by atoms with E-state index in [1.165, 1.54) is 63.4 Å². The Morgan fingerprint density at radius 3 is 1.63 bits per heavy atom. The smallest absolute Gasteiger partial charge is 0.163 e. The molecule has 1 unspecified atom stereocenters. The van der Waals surface area contributed by atoms with Gasteiger partial charge in [0, 0.05) is 59.2 Å². The summed E-state index contributed by atoms with van der Waals surface area (Å²) in [5.74, 6) is 2.22. The van der Waals surface area contributed by atoms with Crippen molar-refractivity contribution in [2.75, 3.05) is 0 Å². The molecule has 57 heavy (non-hydrogen) atoms. The first-order chi connectivity index (χ1) is 28.3. The van der Waals surface area contributed by atoms with Gasteiger partial charge in [0.15, 0.2) is 11.6 Å². The summed E-state index contributed by atoms with van der Waals surface area (Å²) in [4.78, 5) is 15.4. The van der Waals surface area contributed by atoms with Gasteiger partial charge in [-0.2, -0.15) is 0 Å². The molecule has 7 aromatic carbocycles. The molecular weight excluding hydrogens is 715 g/mol. The molecule has 12 rings (SSSR count). The van der Waals surface area contributed by atoms with Crippen molar-refractivity contribution in [2.24, 2.45) is 0 Å². The zero-order valence-electron chi connectivity index (χ0n) is 30.7. The van der Waals surface area contributed by atoms with Crippen LogP contribution in [0.5, 0.6) is 0 Å². The SMILES string of the molecule is C1=c2sc3ccccc3c2=CCC1c1nc(-c2ccccc2)nc(-c2ccc(-n3c4ccccc4c4c5c6ccccc6n(-c6ccccc6)c5ccc43)cc2)n1. The average Bonchev–Trinajstić information content (AvgIpc) is 3.94. The molecule has 1 aliphatic rings. The normalized spacial score (nSPS) is 14.0. The molecule has 0 N–H and O–H groups in total. The number of rotatable bonds is 5. The number of para-hydroxylation sites is 3. The monoisotopic (exact) mass is 747 g/mol. The van der Waals surface area contributed by atoms with Crippen molar-refractivity contribution in [1.29, 1.82) is 0 Å². The predicted molar refractivity (Wildman–Crippen MR) is 237 cm³/mol. The minimum Gasteiger partial charge on any atom is -0.309 e. The highest BCUT2D eigenvalue weighted by Crippen LogP contribution is 2.42. The van der Waals surface area contributed by atoms with Gasteiger partial charge in [0.05, 0.1) is 22.1 Å². The number of nitrogens with zero attached hydrogens (tertiary/aromatic N) is 5. The van der Waals surface area contributed by atoms with Gasteiger partial charge >= 0.3 is 0 Å². The Hall–Kier alpha value is -7.15. The maximum absolute atomic E-state index is 5.18. The minimum atomic E-state index is 0.0522. The van der Waals surface area contributed by atoms with E-state index in [0.29, 0.717) is 11.6 Å². The lowest BCUT2D eigenvalue weighted by Crippen LogP contribution is -2.24. The number of fused-ring (bicyclic) bond motifs is 10. The van der Waals surface area contributed by atoms with Gasteiger partial charge in [-0.05, 0) is 83.8 Å². The molecule has 1 atom stereocenters. The topological polar surface area (TPSA) is 48.5 Å². The molecule has 0 saturated carbocycles. The lowest BCUT2D eigenvalue weighted by molar-refractivity contribution is 0.810. The standard InChI is InChI=1S/C51H33N5S/c1-3-13-32(14-4-1)49-52-50(54-51(53-49)34-25-28-38-37-17-9-12-22-45(37)57-46(38)31-34)33-23-26-36(27-24-33)56-42-21-11-8-19-40(42)48-44(56)30-29-43-47(48)39-18-7-10-20-41(39)55(43)35-15-5-2-6-16-35/h1-24,26-31,34H,25H2. The van der Waals surface area contributed by atoms with Crippen LogP contribution in [-0.4, -0.2) is 24.1 Å². The van der Waals surface area contributed by atoms with Crippen molar-refractivity contribution in [3.8, 4) is 34.2 Å². The minimum absolute atomic E-state index is 0.0522. The van der Waals surface area contributed by atoms with E-state index in [0.717, 1.165) is 34.7 Å². The van der Waals surface area contributed by atoms with Crippen LogP contribution in [0.1, 0.15) is 18.2 Å². The zero-order chi connectivity index (χ0) is 37.5. The van der Waals surface area contributed by atoms with Crippen molar-refractivity contribution < 1.29 is 0 Å². The highest BCUT2D eigenvalue weighted by atomic mass is 32.1. The van der Waals surface area contributed by atoms with Gasteiger partial charge < -0.3 is 9.13 Å². The molecule has 0 amide bonds. The maximum atomic E-state index is 5.18. The van der Waals surface area contributed by atoms with Crippen LogP contribution in [0, 0.1) is 0 Å². The average molecular weight is 748 g/mol. The fraction of sp³-hybridized carbons (Fsp3) is 0.0392. The van der Waals surface area contributed by atoms with Crippen LogP contribution in [0.15, 0.2) is 170 Å². The summed E-state index contributed by atoms with van der Waals surface area (Å²) < 4.78 is 7.38. The first-order valence-corrected chi connectivity index (χ1v) is 20.2. The van der Waals surface area contributed by atoms with Gasteiger partial charge in [0.1, 0.15) is 5.82 Å². The Balaban J connectivity index is 1.01. The molecule has 5 nitrogen and oxygen atoms in total. The molecule has 0 fully saturated rings. The van der Waals surface area contributed by atoms with Gasteiger partial charge in [0.25, 0.3) is 0 Å². The molecular formula is C51H33N5S. The first-order valence-electron chi connectivity index (χ1n) is 19.4. The van der Waals surface area contributed by atoms with Crippen molar-refractivity contribution in [2.45, 2.75) is 12.3 Å². The number of thiophene rings is 1. The summed E-state index contributed by atoms with van der Waals surface area (Å²) in [6, 6.07) is 60.4. The van der Waals surface area contributed by atoms with Crippen LogP contribution < -0.4 is 9.75 Å². The van der Waals surface area contributed by atoms with E-state index in [4.69, 9.17) is 15.0 Å². The largest absolute Gasteiger partial charge is 0.309 e. The summed E-state index contributed by atoms with van der Waals surface area (Å²) in [6.07, 6.45) is 5.56. The molecule has 0 radical (unpaired) electrons. The van der Waals surface area contributed by atoms with Gasteiger partial charge in [0.2, 0.25) is 0 Å². The summed E-state index contributed by atoms with van der Waals surface area (Å²) in [6.45, 7) is 0. The first kappa shape index (κ1) is 32.1. The fourth-order valence-corrected chi connectivity index (χ4v) is 10.1. The number of hydrogen-bond acceptors (Lipinski definition) is 4. The summed E-state index contributed by atoms with van der Waals surface area (Å²) in [7, 11) is 0. The molecule has 4 heterocycles. The van der Waals surface area contributed by atoms with E-state index in [2.05, 4.69) is 173 Å².